The summed E-state index contributed by atoms with van der Waals surface area (Å²) in [7, 11) is -1.55. The molecule has 0 N–H and O–H groups in total. The van der Waals surface area contributed by atoms with Gasteiger partial charge in [0.15, 0.2) is 0 Å². The lowest BCUT2D eigenvalue weighted by molar-refractivity contribution is 0.149. The van der Waals surface area contributed by atoms with Gasteiger partial charge in [0.2, 0.25) is 0 Å². The molecule has 0 aromatic rings. The molecule has 0 aliphatic heterocycles. The molecule has 5 heteroatoms. The predicted molar refractivity (Wildman–Crippen MR) is 126 cm³/mol. The zero-order valence-corrected chi connectivity index (χ0v) is 21.0. The van der Waals surface area contributed by atoms with Crippen LogP contribution in [0.25, 0.3) is 0 Å². The lowest BCUT2D eigenvalue weighted by Gasteiger charge is -2.21. The minimum atomic E-state index is -1.55. The molecule has 0 rings (SSSR count). The minimum Gasteiger partial charge on any atom is -0.378 e. The van der Waals surface area contributed by atoms with Crippen molar-refractivity contribution in [3.63, 3.8) is 0 Å². The van der Waals surface area contributed by atoms with Gasteiger partial charge in [-0.05, 0) is 57.0 Å². The van der Waals surface area contributed by atoms with Crippen LogP contribution in [0.4, 0.5) is 0 Å². The Balaban J connectivity index is 6.28. The molecule has 0 radical (unpaired) electrons. The smallest absolute Gasteiger partial charge is 0.138 e. The van der Waals surface area contributed by atoms with Gasteiger partial charge in [-0.3, -0.25) is 0 Å². The predicted octanol–water partition coefficient (Wildman–Crippen LogP) is 5.41. The molecular weight excluding hydrogens is 380 g/mol. The van der Waals surface area contributed by atoms with Crippen LogP contribution in [0.1, 0.15) is 48.5 Å². The summed E-state index contributed by atoms with van der Waals surface area (Å²) in [5.74, 6) is 3.55. The van der Waals surface area contributed by atoms with Crippen molar-refractivity contribution in [2.75, 3.05) is 52.9 Å². The SMILES string of the molecule is CCOC/C=C(COCC)/C(COCC)=C(/C#C[Si](CC)(CC)CC)COCC. The Morgan fingerprint density at radius 3 is 1.72 bits per heavy atom. The molecule has 0 aromatic carbocycles. The second kappa shape index (κ2) is 17.9. The van der Waals surface area contributed by atoms with Crippen molar-refractivity contribution in [3.8, 4) is 11.5 Å². The third-order valence-corrected chi connectivity index (χ3v) is 9.99. The van der Waals surface area contributed by atoms with Crippen LogP contribution in [-0.4, -0.2) is 60.9 Å². The fraction of sp³-hybridized carbons (Fsp3) is 0.750. The Bertz CT molecular complexity index is 531. The van der Waals surface area contributed by atoms with Crippen LogP contribution in [-0.2, 0) is 18.9 Å². The molecule has 0 bridgehead atoms. The van der Waals surface area contributed by atoms with Crippen molar-refractivity contribution in [1.82, 2.24) is 0 Å². The van der Waals surface area contributed by atoms with Crippen LogP contribution in [0.3, 0.4) is 0 Å². The Labute approximate surface area is 181 Å². The van der Waals surface area contributed by atoms with Crippen LogP contribution in [0.15, 0.2) is 22.8 Å². The summed E-state index contributed by atoms with van der Waals surface area (Å²) in [6, 6.07) is 3.55. The average molecular weight is 425 g/mol. The lowest BCUT2D eigenvalue weighted by atomic mass is 10.0. The van der Waals surface area contributed by atoms with E-state index >= 15 is 0 Å². The van der Waals surface area contributed by atoms with Gasteiger partial charge in [0.1, 0.15) is 8.07 Å². The molecule has 4 nitrogen and oxygen atoms in total. The van der Waals surface area contributed by atoms with Crippen LogP contribution >= 0.6 is 0 Å². The summed E-state index contributed by atoms with van der Waals surface area (Å²) < 4.78 is 23.0. The highest BCUT2D eigenvalue weighted by Gasteiger charge is 2.24. The fourth-order valence-electron chi connectivity index (χ4n) is 2.96. The molecular formula is C24H44O4Si. The Hall–Kier alpha value is -0.903. The normalized spacial score (nSPS) is 13.1. The van der Waals surface area contributed by atoms with E-state index in [1.165, 1.54) is 18.1 Å². The Morgan fingerprint density at radius 1 is 0.690 bits per heavy atom. The Morgan fingerprint density at radius 2 is 1.21 bits per heavy atom. The molecule has 29 heavy (non-hydrogen) atoms. The van der Waals surface area contributed by atoms with Crippen molar-refractivity contribution < 1.29 is 18.9 Å². The third-order valence-electron chi connectivity index (χ3n) is 5.28. The van der Waals surface area contributed by atoms with Gasteiger partial charge in [-0.1, -0.05) is 32.8 Å². The second-order valence-corrected chi connectivity index (χ2v) is 11.8. The highest BCUT2D eigenvalue weighted by Crippen LogP contribution is 2.21. The molecule has 0 atom stereocenters. The summed E-state index contributed by atoms with van der Waals surface area (Å²) in [6.45, 7) is 19.7. The number of hydrogen-bond donors (Lipinski definition) is 0. The topological polar surface area (TPSA) is 36.9 Å². The number of ether oxygens (including phenoxy) is 4. The molecule has 0 heterocycles. The summed E-state index contributed by atoms with van der Waals surface area (Å²) in [5.41, 5.74) is 6.93. The minimum absolute atomic E-state index is 0.506. The maximum Gasteiger partial charge on any atom is 0.138 e. The lowest BCUT2D eigenvalue weighted by Crippen LogP contribution is -2.29. The number of rotatable bonds is 16. The van der Waals surface area contributed by atoms with Crippen LogP contribution in [0.5, 0.6) is 0 Å². The molecule has 0 saturated heterocycles. The molecule has 168 valence electrons. The molecule has 0 unspecified atom stereocenters. The van der Waals surface area contributed by atoms with E-state index in [0.717, 1.165) is 16.7 Å². The van der Waals surface area contributed by atoms with Gasteiger partial charge >= 0.3 is 0 Å². The summed E-state index contributed by atoms with van der Waals surface area (Å²) in [5, 5.41) is 0. The van der Waals surface area contributed by atoms with Crippen LogP contribution < -0.4 is 0 Å². The van der Waals surface area contributed by atoms with Crippen molar-refractivity contribution in [3.05, 3.63) is 22.8 Å². The summed E-state index contributed by atoms with van der Waals surface area (Å²) in [4.78, 5) is 0. The maximum absolute atomic E-state index is 5.83. The molecule has 0 aliphatic carbocycles. The maximum atomic E-state index is 5.83. The fourth-order valence-corrected chi connectivity index (χ4v) is 5.41. The van der Waals surface area contributed by atoms with E-state index in [-0.39, 0.29) is 0 Å². The highest BCUT2D eigenvalue weighted by atomic mass is 28.3. The van der Waals surface area contributed by atoms with E-state index in [0.29, 0.717) is 52.9 Å². The van der Waals surface area contributed by atoms with E-state index in [9.17, 15) is 0 Å². The van der Waals surface area contributed by atoms with E-state index in [4.69, 9.17) is 18.9 Å². The van der Waals surface area contributed by atoms with Gasteiger partial charge in [0.05, 0.1) is 26.4 Å². The van der Waals surface area contributed by atoms with Crippen molar-refractivity contribution >= 4 is 8.07 Å². The average Bonchev–Trinajstić information content (AvgIpc) is 2.75. The van der Waals surface area contributed by atoms with Gasteiger partial charge in [-0.15, -0.1) is 5.54 Å². The van der Waals surface area contributed by atoms with Gasteiger partial charge in [0, 0.05) is 32.0 Å². The third kappa shape index (κ3) is 11.2. The second-order valence-electron chi connectivity index (χ2n) is 6.85. The van der Waals surface area contributed by atoms with Gasteiger partial charge in [0.25, 0.3) is 0 Å². The van der Waals surface area contributed by atoms with E-state index < -0.39 is 8.07 Å². The first kappa shape index (κ1) is 28.1. The number of hydrogen-bond acceptors (Lipinski definition) is 4. The zero-order chi connectivity index (χ0) is 22.0. The largest absolute Gasteiger partial charge is 0.378 e. The zero-order valence-electron chi connectivity index (χ0n) is 20.0. The van der Waals surface area contributed by atoms with Gasteiger partial charge in [-0.2, -0.15) is 0 Å². The van der Waals surface area contributed by atoms with E-state index in [2.05, 4.69) is 38.3 Å². The summed E-state index contributed by atoms with van der Waals surface area (Å²) in [6.07, 6.45) is 2.10. The monoisotopic (exact) mass is 424 g/mol. The van der Waals surface area contributed by atoms with Crippen molar-refractivity contribution in [1.29, 1.82) is 0 Å². The van der Waals surface area contributed by atoms with Gasteiger partial charge in [-0.25, -0.2) is 0 Å². The first-order valence-corrected chi connectivity index (χ1v) is 13.9. The van der Waals surface area contributed by atoms with Gasteiger partial charge < -0.3 is 18.9 Å². The standard InChI is InChI=1S/C24H44O4Si/c1-8-25-17-15-22(19-26-9-2)24(21-28-11-4)23(20-27-10-3)16-18-29(12-5,13-6)14-7/h15H,8-14,17,19-21H2,1-7H3/b22-15+,24-23-. The molecule has 0 fully saturated rings. The molecule has 0 aliphatic rings. The van der Waals surface area contributed by atoms with Crippen molar-refractivity contribution in [2.24, 2.45) is 0 Å². The summed E-state index contributed by atoms with van der Waals surface area (Å²) >= 11 is 0. The molecule has 0 spiro atoms. The van der Waals surface area contributed by atoms with E-state index in [1.54, 1.807) is 0 Å². The van der Waals surface area contributed by atoms with Crippen LogP contribution in [0, 0.1) is 11.5 Å². The van der Waals surface area contributed by atoms with Crippen LogP contribution in [0.2, 0.25) is 18.1 Å². The molecule has 0 aromatic heterocycles. The first-order chi connectivity index (χ1) is 14.1. The quantitative estimate of drug-likeness (QED) is 0.144. The highest BCUT2D eigenvalue weighted by molar-refractivity contribution is 6.87. The molecule has 0 saturated carbocycles. The van der Waals surface area contributed by atoms with E-state index in [1.807, 2.05) is 27.7 Å². The Kier molecular flexibility index (Phi) is 17.4. The van der Waals surface area contributed by atoms with Crippen molar-refractivity contribution in [2.45, 2.75) is 66.6 Å². The molecule has 0 amide bonds. The first-order valence-electron chi connectivity index (χ1n) is 11.3.